The molecule has 1 rings (SSSR count). The van der Waals surface area contributed by atoms with E-state index < -0.39 is 0 Å². The van der Waals surface area contributed by atoms with E-state index in [4.69, 9.17) is 0 Å². The molecule has 0 bridgehead atoms. The van der Waals surface area contributed by atoms with Crippen molar-refractivity contribution in [3.63, 3.8) is 0 Å². The lowest BCUT2D eigenvalue weighted by Gasteiger charge is -2.10. The Labute approximate surface area is 76.2 Å². The molecule has 1 aliphatic carbocycles. The molecule has 12 heavy (non-hydrogen) atoms. The standard InChI is InChI=1S/C6H13N.C3H9NO/c1-3-7(2)6-4-5-6;1-4(2)5-3/h6H,3-5H2,1-2H3;1-3H3. The van der Waals surface area contributed by atoms with Crippen molar-refractivity contribution in [3.05, 3.63) is 0 Å². The number of hydrogen-bond donors (Lipinski definition) is 0. The highest BCUT2D eigenvalue weighted by Crippen LogP contribution is 2.24. The van der Waals surface area contributed by atoms with Crippen molar-refractivity contribution < 1.29 is 4.84 Å². The van der Waals surface area contributed by atoms with Crippen LogP contribution in [-0.2, 0) is 4.84 Å². The summed E-state index contributed by atoms with van der Waals surface area (Å²) in [5, 5.41) is 1.62. The Morgan fingerprint density at radius 3 is 1.75 bits per heavy atom. The molecule has 74 valence electrons. The number of rotatable bonds is 3. The van der Waals surface area contributed by atoms with Gasteiger partial charge in [0.1, 0.15) is 0 Å². The van der Waals surface area contributed by atoms with E-state index >= 15 is 0 Å². The van der Waals surface area contributed by atoms with Crippen molar-refractivity contribution in [2.45, 2.75) is 25.8 Å². The highest BCUT2D eigenvalue weighted by molar-refractivity contribution is 4.81. The summed E-state index contributed by atoms with van der Waals surface area (Å²) in [6.07, 6.45) is 2.87. The third-order valence-corrected chi connectivity index (χ3v) is 2.03. The van der Waals surface area contributed by atoms with Gasteiger partial charge in [-0.1, -0.05) is 6.92 Å². The summed E-state index contributed by atoms with van der Waals surface area (Å²) in [6.45, 7) is 3.42. The summed E-state index contributed by atoms with van der Waals surface area (Å²) >= 11 is 0. The fourth-order valence-electron chi connectivity index (χ4n) is 0.774. The number of hydrogen-bond acceptors (Lipinski definition) is 3. The van der Waals surface area contributed by atoms with E-state index in [2.05, 4.69) is 23.7 Å². The molecule has 0 amide bonds. The molecule has 3 nitrogen and oxygen atoms in total. The van der Waals surface area contributed by atoms with Gasteiger partial charge in [-0.2, -0.15) is 5.06 Å². The van der Waals surface area contributed by atoms with Gasteiger partial charge in [0.25, 0.3) is 0 Å². The van der Waals surface area contributed by atoms with E-state index in [9.17, 15) is 0 Å². The molecule has 0 aliphatic heterocycles. The summed E-state index contributed by atoms with van der Waals surface area (Å²) in [5.74, 6) is 0. The Balaban J connectivity index is 0.000000217. The van der Waals surface area contributed by atoms with Crippen LogP contribution in [0.3, 0.4) is 0 Å². The smallest absolute Gasteiger partial charge is 0.0574 e. The van der Waals surface area contributed by atoms with Gasteiger partial charge >= 0.3 is 0 Å². The largest absolute Gasteiger partial charge is 0.304 e. The molecule has 0 N–H and O–H groups in total. The quantitative estimate of drug-likeness (QED) is 0.598. The third kappa shape index (κ3) is 6.58. The van der Waals surface area contributed by atoms with Gasteiger partial charge in [-0.15, -0.1) is 0 Å². The molecule has 0 aromatic rings. The van der Waals surface area contributed by atoms with Crippen molar-refractivity contribution in [3.8, 4) is 0 Å². The number of nitrogens with zero attached hydrogens (tertiary/aromatic N) is 2. The van der Waals surface area contributed by atoms with Gasteiger partial charge in [0.2, 0.25) is 0 Å². The first kappa shape index (κ1) is 11.9. The molecule has 0 radical (unpaired) electrons. The van der Waals surface area contributed by atoms with Crippen LogP contribution in [-0.4, -0.2) is 50.8 Å². The number of hydroxylamine groups is 2. The van der Waals surface area contributed by atoms with Gasteiger partial charge in [0, 0.05) is 20.1 Å². The predicted molar refractivity (Wildman–Crippen MR) is 52.0 cm³/mol. The van der Waals surface area contributed by atoms with Gasteiger partial charge in [-0.3, -0.25) is 0 Å². The zero-order valence-electron chi connectivity index (χ0n) is 9.00. The van der Waals surface area contributed by atoms with Crippen molar-refractivity contribution in [2.24, 2.45) is 0 Å². The summed E-state index contributed by atoms with van der Waals surface area (Å²) < 4.78 is 0. The second kappa shape index (κ2) is 6.40. The minimum Gasteiger partial charge on any atom is -0.304 e. The Bertz CT molecular complexity index is 103. The molecule has 1 aliphatic rings. The zero-order chi connectivity index (χ0) is 9.56. The highest BCUT2D eigenvalue weighted by Gasteiger charge is 2.24. The second-order valence-corrected chi connectivity index (χ2v) is 3.30. The predicted octanol–water partition coefficient (Wildman–Crippen LogP) is 1.21. The van der Waals surface area contributed by atoms with Gasteiger partial charge in [0.15, 0.2) is 0 Å². The molecule has 0 saturated heterocycles. The average Bonchev–Trinajstić information content (AvgIpc) is 2.86. The highest BCUT2D eigenvalue weighted by atomic mass is 16.7. The first-order valence-corrected chi connectivity index (χ1v) is 4.53. The Morgan fingerprint density at radius 1 is 1.25 bits per heavy atom. The lowest BCUT2D eigenvalue weighted by atomic mass is 10.5. The topological polar surface area (TPSA) is 15.7 Å². The summed E-state index contributed by atoms with van der Waals surface area (Å²) in [6, 6.07) is 0.949. The van der Waals surface area contributed by atoms with E-state index in [0.29, 0.717) is 0 Å². The van der Waals surface area contributed by atoms with Crippen molar-refractivity contribution in [1.82, 2.24) is 9.96 Å². The first-order chi connectivity index (χ1) is 5.61. The summed E-state index contributed by atoms with van der Waals surface area (Å²) in [4.78, 5) is 6.99. The van der Waals surface area contributed by atoms with Crippen molar-refractivity contribution >= 4 is 0 Å². The normalized spacial score (nSPS) is 16.2. The summed E-state index contributed by atoms with van der Waals surface area (Å²) in [7, 11) is 7.48. The SMILES string of the molecule is CCN(C)C1CC1.CON(C)C. The maximum absolute atomic E-state index is 4.58. The maximum atomic E-state index is 4.58. The molecular weight excluding hydrogens is 152 g/mol. The van der Waals surface area contributed by atoms with E-state index in [-0.39, 0.29) is 0 Å². The minimum atomic E-state index is 0.949. The zero-order valence-corrected chi connectivity index (χ0v) is 9.00. The molecule has 1 fully saturated rings. The van der Waals surface area contributed by atoms with Crippen LogP contribution in [0.5, 0.6) is 0 Å². The molecule has 1 saturated carbocycles. The van der Waals surface area contributed by atoms with E-state index in [1.54, 1.807) is 12.2 Å². The van der Waals surface area contributed by atoms with Crippen molar-refractivity contribution in [1.29, 1.82) is 0 Å². The molecule has 0 atom stereocenters. The van der Waals surface area contributed by atoms with Gasteiger partial charge in [-0.05, 0) is 26.4 Å². The van der Waals surface area contributed by atoms with Crippen LogP contribution in [0.1, 0.15) is 19.8 Å². The Hall–Kier alpha value is -0.120. The lowest BCUT2D eigenvalue weighted by molar-refractivity contribution is -0.0855. The molecule has 0 heterocycles. The molecular formula is C9H22N2O. The van der Waals surface area contributed by atoms with Crippen LogP contribution in [0.2, 0.25) is 0 Å². The Kier molecular flexibility index (Phi) is 6.34. The van der Waals surface area contributed by atoms with Crippen molar-refractivity contribution in [2.75, 3.05) is 34.8 Å². The fraction of sp³-hybridized carbons (Fsp3) is 1.00. The third-order valence-electron chi connectivity index (χ3n) is 2.03. The Morgan fingerprint density at radius 2 is 1.67 bits per heavy atom. The van der Waals surface area contributed by atoms with Crippen LogP contribution in [0, 0.1) is 0 Å². The maximum Gasteiger partial charge on any atom is 0.0574 e. The van der Waals surface area contributed by atoms with E-state index in [1.165, 1.54) is 19.4 Å². The molecule has 0 spiro atoms. The molecule has 0 aromatic carbocycles. The van der Waals surface area contributed by atoms with Crippen LogP contribution in [0.15, 0.2) is 0 Å². The second-order valence-electron chi connectivity index (χ2n) is 3.30. The van der Waals surface area contributed by atoms with E-state index in [0.717, 1.165) is 6.04 Å². The van der Waals surface area contributed by atoms with Crippen LogP contribution >= 0.6 is 0 Å². The summed E-state index contributed by atoms with van der Waals surface area (Å²) in [5.41, 5.74) is 0. The van der Waals surface area contributed by atoms with Crippen LogP contribution in [0.25, 0.3) is 0 Å². The lowest BCUT2D eigenvalue weighted by Crippen LogP contribution is -2.19. The van der Waals surface area contributed by atoms with Gasteiger partial charge in [-0.25, -0.2) is 0 Å². The monoisotopic (exact) mass is 174 g/mol. The fourth-order valence-corrected chi connectivity index (χ4v) is 0.774. The van der Waals surface area contributed by atoms with Gasteiger partial charge < -0.3 is 9.74 Å². The molecule has 0 aromatic heterocycles. The van der Waals surface area contributed by atoms with Crippen LogP contribution < -0.4 is 0 Å². The van der Waals surface area contributed by atoms with Gasteiger partial charge in [0.05, 0.1) is 7.11 Å². The minimum absolute atomic E-state index is 0.949. The average molecular weight is 174 g/mol. The van der Waals surface area contributed by atoms with Crippen LogP contribution in [0.4, 0.5) is 0 Å². The first-order valence-electron chi connectivity index (χ1n) is 4.53. The molecule has 3 heteroatoms. The van der Waals surface area contributed by atoms with E-state index in [1.807, 2.05) is 14.1 Å². The molecule has 0 unspecified atom stereocenters.